The van der Waals surface area contributed by atoms with E-state index in [1.807, 2.05) is 32.0 Å². The van der Waals surface area contributed by atoms with E-state index in [2.05, 4.69) is 5.32 Å². The van der Waals surface area contributed by atoms with E-state index < -0.39 is 12.5 Å². The minimum Gasteiger partial charge on any atom is -0.390 e. The van der Waals surface area contributed by atoms with Gasteiger partial charge < -0.3 is 15.3 Å². The molecule has 2 amide bonds. The largest absolute Gasteiger partial charge is 0.390 e. The lowest BCUT2D eigenvalue weighted by Crippen LogP contribution is -2.26. The third-order valence-electron chi connectivity index (χ3n) is 5.25. The van der Waals surface area contributed by atoms with Gasteiger partial charge in [0.15, 0.2) is 0 Å². The summed E-state index contributed by atoms with van der Waals surface area (Å²) in [5, 5.41) is 11.5. The van der Waals surface area contributed by atoms with Crippen LogP contribution in [0, 0.1) is 13.8 Å². The molecular weight excluding hydrogens is 426 g/mol. The maximum Gasteiger partial charge on any atom is 0.295 e. The first kappa shape index (κ1) is 24.1. The number of halogens is 2. The molecule has 0 unspecified atom stereocenters. The number of hydrogen-bond donors (Lipinski definition) is 2. The van der Waals surface area contributed by atoms with E-state index in [4.69, 9.17) is 5.11 Å². The first-order valence-corrected chi connectivity index (χ1v) is 10.4. The highest BCUT2D eigenvalue weighted by atomic mass is 19.3. The predicted octanol–water partition coefficient (Wildman–Crippen LogP) is 4.85. The number of alkyl halides is 2. The number of aliphatic hydroxyl groups excluding tert-OH is 1. The van der Waals surface area contributed by atoms with E-state index in [0.29, 0.717) is 16.8 Å². The van der Waals surface area contributed by atoms with Gasteiger partial charge in [-0.25, -0.2) is 0 Å². The second kappa shape index (κ2) is 9.92. The fourth-order valence-electron chi connectivity index (χ4n) is 3.50. The maximum atomic E-state index is 13.5. The number of rotatable bonds is 7. The zero-order chi connectivity index (χ0) is 24.2. The van der Waals surface area contributed by atoms with Crippen LogP contribution in [0.4, 0.5) is 20.2 Å². The number of carbonyl (C=O) groups excluding carboxylic acids is 2. The quantitative estimate of drug-likeness (QED) is 0.539. The van der Waals surface area contributed by atoms with Crippen molar-refractivity contribution >= 4 is 23.2 Å². The first-order chi connectivity index (χ1) is 15.6. The molecule has 5 nitrogen and oxygen atoms in total. The molecule has 0 saturated carbocycles. The molecule has 172 valence electrons. The molecule has 0 spiro atoms. The smallest absolute Gasteiger partial charge is 0.295 e. The number of aryl methyl sites for hydroxylation is 2. The number of hydrogen-bond acceptors (Lipinski definition) is 3. The van der Waals surface area contributed by atoms with Crippen LogP contribution in [0.15, 0.2) is 66.7 Å². The van der Waals surface area contributed by atoms with Crippen molar-refractivity contribution in [3.63, 3.8) is 0 Å². The highest BCUT2D eigenvalue weighted by Gasteiger charge is 2.30. The third-order valence-corrected chi connectivity index (χ3v) is 5.25. The molecule has 3 rings (SSSR count). The number of aliphatic hydroxyl groups is 1. The Hall–Kier alpha value is -3.58. The molecule has 3 aromatic rings. The lowest BCUT2D eigenvalue weighted by molar-refractivity contribution is -0.115. The van der Waals surface area contributed by atoms with Gasteiger partial charge in [0.25, 0.3) is 11.8 Å². The monoisotopic (exact) mass is 452 g/mol. The Balaban J connectivity index is 1.62. The van der Waals surface area contributed by atoms with Crippen LogP contribution in [0.25, 0.3) is 0 Å². The summed E-state index contributed by atoms with van der Waals surface area (Å²) in [7, 11) is 1.72. The molecule has 0 bridgehead atoms. The minimum absolute atomic E-state index is 0.00110. The molecule has 0 aliphatic heterocycles. The molecule has 0 aromatic heterocycles. The van der Waals surface area contributed by atoms with Crippen molar-refractivity contribution in [2.45, 2.75) is 26.2 Å². The Labute approximate surface area is 191 Å². The second-order valence-electron chi connectivity index (χ2n) is 8.07. The van der Waals surface area contributed by atoms with E-state index in [1.54, 1.807) is 36.2 Å². The van der Waals surface area contributed by atoms with Gasteiger partial charge in [-0.15, -0.1) is 0 Å². The summed E-state index contributed by atoms with van der Waals surface area (Å²) in [6.07, 6.45) is 0.00110. The van der Waals surface area contributed by atoms with Gasteiger partial charge in [0, 0.05) is 29.5 Å². The van der Waals surface area contributed by atoms with Crippen molar-refractivity contribution in [3.8, 4) is 0 Å². The van der Waals surface area contributed by atoms with E-state index in [-0.39, 0.29) is 23.8 Å². The third kappa shape index (κ3) is 6.02. The van der Waals surface area contributed by atoms with Crippen LogP contribution in [-0.2, 0) is 17.1 Å². The van der Waals surface area contributed by atoms with Gasteiger partial charge in [0.2, 0.25) is 5.91 Å². The Kier molecular flexibility index (Phi) is 7.23. The van der Waals surface area contributed by atoms with Crippen molar-refractivity contribution in [3.05, 3.63) is 94.5 Å². The summed E-state index contributed by atoms with van der Waals surface area (Å²) < 4.78 is 27.0. The zero-order valence-corrected chi connectivity index (χ0v) is 18.7. The fraction of sp³-hybridized carbons (Fsp3) is 0.231. The summed E-state index contributed by atoms with van der Waals surface area (Å²) in [5.41, 5.74) is 4.20. The zero-order valence-electron chi connectivity index (χ0n) is 18.7. The highest BCUT2D eigenvalue weighted by Crippen LogP contribution is 2.27. The molecule has 0 heterocycles. The van der Waals surface area contributed by atoms with E-state index in [9.17, 15) is 18.4 Å². The summed E-state index contributed by atoms with van der Waals surface area (Å²) in [6, 6.07) is 17.8. The van der Waals surface area contributed by atoms with Crippen molar-refractivity contribution in [1.82, 2.24) is 0 Å². The lowest BCUT2D eigenvalue weighted by Gasteiger charge is -2.19. The SMILES string of the molecule is Cc1cc(C)cc(N(C)C(=O)c2ccc(NC(=O)Cc3ccc(C(F)(F)CO)cc3)cc2)c1. The normalized spacial score (nSPS) is 11.2. The number of nitrogens with zero attached hydrogens (tertiary/aromatic N) is 1. The van der Waals surface area contributed by atoms with Crippen LogP contribution >= 0.6 is 0 Å². The molecular formula is C26H26F2N2O3. The summed E-state index contributed by atoms with van der Waals surface area (Å²) >= 11 is 0. The Morgan fingerprint density at radius 2 is 1.52 bits per heavy atom. The van der Waals surface area contributed by atoms with Crippen molar-refractivity contribution < 1.29 is 23.5 Å². The van der Waals surface area contributed by atoms with Crippen LogP contribution in [0.2, 0.25) is 0 Å². The van der Waals surface area contributed by atoms with Gasteiger partial charge in [0.1, 0.15) is 6.61 Å². The topological polar surface area (TPSA) is 69.6 Å². The lowest BCUT2D eigenvalue weighted by atomic mass is 10.0. The van der Waals surface area contributed by atoms with Gasteiger partial charge in [0.05, 0.1) is 6.42 Å². The van der Waals surface area contributed by atoms with Gasteiger partial charge in [-0.3, -0.25) is 9.59 Å². The van der Waals surface area contributed by atoms with Crippen LogP contribution < -0.4 is 10.2 Å². The minimum atomic E-state index is -3.31. The molecule has 33 heavy (non-hydrogen) atoms. The number of amides is 2. The highest BCUT2D eigenvalue weighted by molar-refractivity contribution is 6.06. The average Bonchev–Trinajstić information content (AvgIpc) is 2.78. The van der Waals surface area contributed by atoms with E-state index in [1.165, 1.54) is 24.3 Å². The van der Waals surface area contributed by atoms with Crippen LogP contribution in [0.3, 0.4) is 0 Å². The molecule has 0 aliphatic rings. The molecule has 0 fully saturated rings. The van der Waals surface area contributed by atoms with E-state index >= 15 is 0 Å². The van der Waals surface area contributed by atoms with Crippen LogP contribution in [0.5, 0.6) is 0 Å². The van der Waals surface area contributed by atoms with Crippen molar-refractivity contribution in [2.24, 2.45) is 0 Å². The maximum absolute atomic E-state index is 13.5. The van der Waals surface area contributed by atoms with Gasteiger partial charge in [-0.05, 0) is 66.9 Å². The molecule has 0 aliphatic carbocycles. The van der Waals surface area contributed by atoms with Crippen molar-refractivity contribution in [2.75, 3.05) is 23.9 Å². The Bertz CT molecular complexity index is 1120. The van der Waals surface area contributed by atoms with Gasteiger partial charge in [-0.1, -0.05) is 30.3 Å². The van der Waals surface area contributed by atoms with Crippen molar-refractivity contribution in [1.29, 1.82) is 0 Å². The predicted molar refractivity (Wildman–Crippen MR) is 125 cm³/mol. The number of anilines is 2. The van der Waals surface area contributed by atoms with Crippen LogP contribution in [-0.4, -0.2) is 30.6 Å². The summed E-state index contributed by atoms with van der Waals surface area (Å²) in [6.45, 7) is 2.68. The first-order valence-electron chi connectivity index (χ1n) is 10.4. The average molecular weight is 453 g/mol. The standard InChI is InChI=1S/C26H26F2N2O3/c1-17-12-18(2)14-23(13-17)30(3)25(33)20-6-10-22(11-7-20)29-24(32)15-19-4-8-21(9-5-19)26(27,28)16-31/h4-14,31H,15-16H2,1-3H3,(H,29,32). The number of carbonyl (C=O) groups is 2. The molecule has 3 aromatic carbocycles. The fourth-order valence-corrected chi connectivity index (χ4v) is 3.50. The molecule has 0 saturated heterocycles. The van der Waals surface area contributed by atoms with Gasteiger partial charge >= 0.3 is 0 Å². The van der Waals surface area contributed by atoms with E-state index in [0.717, 1.165) is 16.8 Å². The van der Waals surface area contributed by atoms with Crippen LogP contribution in [0.1, 0.15) is 32.6 Å². The summed E-state index contributed by atoms with van der Waals surface area (Å²) in [5.74, 6) is -3.80. The molecule has 0 atom stereocenters. The Morgan fingerprint density at radius 3 is 2.06 bits per heavy atom. The molecule has 7 heteroatoms. The van der Waals surface area contributed by atoms with Gasteiger partial charge in [-0.2, -0.15) is 8.78 Å². The molecule has 0 radical (unpaired) electrons. The number of nitrogens with one attached hydrogen (secondary N) is 1. The number of benzene rings is 3. The molecule has 2 N–H and O–H groups in total. The summed E-state index contributed by atoms with van der Waals surface area (Å²) in [4.78, 5) is 26.7. The second-order valence-corrected chi connectivity index (χ2v) is 8.07. The Morgan fingerprint density at radius 1 is 0.939 bits per heavy atom.